The molecule has 0 radical (unpaired) electrons. The van der Waals surface area contributed by atoms with Crippen LogP contribution in [0.15, 0.2) is 53.7 Å². The van der Waals surface area contributed by atoms with E-state index in [2.05, 4.69) is 15.6 Å². The molecule has 0 fully saturated rings. The number of aromatic nitrogens is 1. The van der Waals surface area contributed by atoms with Crippen molar-refractivity contribution >= 4 is 23.7 Å². The lowest BCUT2D eigenvalue weighted by Crippen LogP contribution is -2.42. The lowest BCUT2D eigenvalue weighted by Gasteiger charge is -2.12. The van der Waals surface area contributed by atoms with E-state index in [0.717, 1.165) is 23.4 Å². The molecule has 0 bridgehead atoms. The summed E-state index contributed by atoms with van der Waals surface area (Å²) in [5, 5.41) is 4.29. The molecule has 5 nitrogen and oxygen atoms in total. The number of hydrogen-bond acceptors (Lipinski definition) is 4. The maximum absolute atomic E-state index is 12.5. The highest BCUT2D eigenvalue weighted by Crippen LogP contribution is 2.30. The van der Waals surface area contributed by atoms with Crippen molar-refractivity contribution in [3.8, 4) is 0 Å². The number of urea groups is 1. The molecule has 1 heterocycles. The number of rotatable bonds is 5. The molecule has 0 saturated heterocycles. The van der Waals surface area contributed by atoms with Gasteiger partial charge in [0, 0.05) is 12.7 Å². The van der Waals surface area contributed by atoms with Crippen molar-refractivity contribution in [1.82, 2.24) is 15.6 Å². The Kier molecular flexibility index (Phi) is 6.62. The van der Waals surface area contributed by atoms with Crippen molar-refractivity contribution in [3.05, 3.63) is 59.8 Å². The smallest absolute Gasteiger partial charge is 0.334 e. The SMILES string of the molecule is CC(Sc1ccc(C(F)(F)F)cn1)C(=O)NC(=O)NCc1ccccc1. The maximum atomic E-state index is 12.5. The topological polar surface area (TPSA) is 71.1 Å². The van der Waals surface area contributed by atoms with E-state index in [1.54, 1.807) is 0 Å². The van der Waals surface area contributed by atoms with E-state index < -0.39 is 28.9 Å². The number of halogens is 3. The number of imide groups is 1. The van der Waals surface area contributed by atoms with Gasteiger partial charge in [0.15, 0.2) is 0 Å². The Morgan fingerprint density at radius 1 is 1.15 bits per heavy atom. The minimum atomic E-state index is -4.46. The van der Waals surface area contributed by atoms with Gasteiger partial charge in [-0.05, 0) is 24.6 Å². The van der Waals surface area contributed by atoms with Gasteiger partial charge in [-0.1, -0.05) is 42.1 Å². The standard InChI is InChI=1S/C17H16F3N3O2S/c1-11(26-14-8-7-13(10-21-14)17(18,19)20)15(24)23-16(25)22-9-12-5-3-2-4-6-12/h2-8,10-11H,9H2,1H3,(H2,22,23,24,25). The van der Waals surface area contributed by atoms with Crippen molar-refractivity contribution in [2.75, 3.05) is 0 Å². The van der Waals surface area contributed by atoms with Gasteiger partial charge in [0.05, 0.1) is 15.8 Å². The summed E-state index contributed by atoms with van der Waals surface area (Å²) in [6.45, 7) is 1.80. The Hall–Kier alpha value is -2.55. The monoisotopic (exact) mass is 383 g/mol. The number of nitrogens with zero attached hydrogens (tertiary/aromatic N) is 1. The molecule has 26 heavy (non-hydrogen) atoms. The van der Waals surface area contributed by atoms with E-state index in [-0.39, 0.29) is 11.6 Å². The second-order valence-electron chi connectivity index (χ2n) is 5.30. The highest BCUT2D eigenvalue weighted by Gasteiger charge is 2.30. The van der Waals surface area contributed by atoms with Crippen LogP contribution in [0.25, 0.3) is 0 Å². The highest BCUT2D eigenvalue weighted by atomic mass is 32.2. The summed E-state index contributed by atoms with van der Waals surface area (Å²) in [6.07, 6.45) is -3.75. The number of alkyl halides is 3. The Labute approximate surface area is 152 Å². The van der Waals surface area contributed by atoms with Gasteiger partial charge >= 0.3 is 12.2 Å². The van der Waals surface area contributed by atoms with E-state index in [1.807, 2.05) is 30.3 Å². The number of nitrogens with one attached hydrogen (secondary N) is 2. The average molecular weight is 383 g/mol. The van der Waals surface area contributed by atoms with E-state index >= 15 is 0 Å². The summed E-state index contributed by atoms with van der Waals surface area (Å²) in [5.74, 6) is -0.567. The fraction of sp³-hybridized carbons (Fsp3) is 0.235. The summed E-state index contributed by atoms with van der Waals surface area (Å²) < 4.78 is 37.5. The molecule has 0 saturated carbocycles. The van der Waals surface area contributed by atoms with Gasteiger partial charge in [-0.15, -0.1) is 0 Å². The molecule has 138 valence electrons. The van der Waals surface area contributed by atoms with Gasteiger partial charge in [-0.25, -0.2) is 9.78 Å². The van der Waals surface area contributed by atoms with Crippen LogP contribution in [-0.4, -0.2) is 22.2 Å². The fourth-order valence-electron chi connectivity index (χ4n) is 1.89. The molecular formula is C17H16F3N3O2S. The summed E-state index contributed by atoms with van der Waals surface area (Å²) >= 11 is 0.957. The normalized spacial score (nSPS) is 12.3. The van der Waals surface area contributed by atoms with Crippen LogP contribution in [0.3, 0.4) is 0 Å². The predicted octanol–water partition coefficient (Wildman–Crippen LogP) is 3.61. The lowest BCUT2D eigenvalue weighted by molar-refractivity contribution is -0.137. The third kappa shape index (κ3) is 6.07. The van der Waals surface area contributed by atoms with Gasteiger partial charge in [0.25, 0.3) is 0 Å². The number of hydrogen-bond donors (Lipinski definition) is 2. The Morgan fingerprint density at radius 3 is 2.42 bits per heavy atom. The largest absolute Gasteiger partial charge is 0.417 e. The van der Waals surface area contributed by atoms with Gasteiger partial charge < -0.3 is 5.32 Å². The molecular weight excluding hydrogens is 367 g/mol. The molecule has 0 aliphatic carbocycles. The first-order chi connectivity index (χ1) is 12.3. The van der Waals surface area contributed by atoms with Crippen LogP contribution >= 0.6 is 11.8 Å². The molecule has 2 N–H and O–H groups in total. The van der Waals surface area contributed by atoms with Gasteiger partial charge in [-0.3, -0.25) is 10.1 Å². The van der Waals surface area contributed by atoms with E-state index in [9.17, 15) is 22.8 Å². The second-order valence-corrected chi connectivity index (χ2v) is 6.66. The van der Waals surface area contributed by atoms with Crippen molar-refractivity contribution in [3.63, 3.8) is 0 Å². The molecule has 0 aliphatic heterocycles. The second kappa shape index (κ2) is 8.70. The molecule has 1 atom stereocenters. The van der Waals surface area contributed by atoms with Crippen molar-refractivity contribution in [1.29, 1.82) is 0 Å². The molecule has 3 amide bonds. The molecule has 0 aliphatic rings. The average Bonchev–Trinajstić information content (AvgIpc) is 2.60. The first-order valence-electron chi connectivity index (χ1n) is 7.58. The first-order valence-corrected chi connectivity index (χ1v) is 8.46. The zero-order valence-electron chi connectivity index (χ0n) is 13.7. The van der Waals surface area contributed by atoms with Crippen LogP contribution in [0.4, 0.5) is 18.0 Å². The Balaban J connectivity index is 1.82. The summed E-state index contributed by atoms with van der Waals surface area (Å²) in [6, 6.07) is 10.6. The number of pyridine rings is 1. The van der Waals surface area contributed by atoms with Crippen LogP contribution in [-0.2, 0) is 17.5 Å². The van der Waals surface area contributed by atoms with Gasteiger partial charge in [-0.2, -0.15) is 13.2 Å². The van der Waals surface area contributed by atoms with Gasteiger partial charge in [0.1, 0.15) is 0 Å². The molecule has 2 aromatic rings. The third-order valence-corrected chi connectivity index (χ3v) is 4.31. The van der Waals surface area contributed by atoms with Crippen LogP contribution < -0.4 is 10.6 Å². The van der Waals surface area contributed by atoms with E-state index in [4.69, 9.17) is 0 Å². The summed E-state index contributed by atoms with van der Waals surface area (Å²) in [4.78, 5) is 27.4. The first kappa shape index (κ1) is 19.8. The number of amides is 3. The Morgan fingerprint density at radius 2 is 1.85 bits per heavy atom. The maximum Gasteiger partial charge on any atom is 0.417 e. The van der Waals surface area contributed by atoms with Crippen LogP contribution in [0, 0.1) is 0 Å². The quantitative estimate of drug-likeness (QED) is 0.774. The minimum absolute atomic E-state index is 0.255. The minimum Gasteiger partial charge on any atom is -0.334 e. The van der Waals surface area contributed by atoms with Crippen molar-refractivity contribution in [2.45, 2.75) is 29.9 Å². The molecule has 0 spiro atoms. The lowest BCUT2D eigenvalue weighted by atomic mass is 10.2. The zero-order chi connectivity index (χ0) is 19.2. The van der Waals surface area contributed by atoms with E-state index in [1.165, 1.54) is 13.0 Å². The summed E-state index contributed by atoms with van der Waals surface area (Å²) in [7, 11) is 0. The molecule has 9 heteroatoms. The van der Waals surface area contributed by atoms with Gasteiger partial charge in [0.2, 0.25) is 5.91 Å². The number of carbonyl (C=O) groups is 2. The predicted molar refractivity (Wildman–Crippen MR) is 91.4 cm³/mol. The zero-order valence-corrected chi connectivity index (χ0v) is 14.5. The van der Waals surface area contributed by atoms with Crippen molar-refractivity contribution < 1.29 is 22.8 Å². The molecule has 1 aromatic heterocycles. The number of carbonyl (C=O) groups excluding carboxylic acids is 2. The molecule has 1 unspecified atom stereocenters. The van der Waals surface area contributed by atoms with Crippen molar-refractivity contribution in [2.24, 2.45) is 0 Å². The van der Waals surface area contributed by atoms with E-state index in [0.29, 0.717) is 6.20 Å². The van der Waals surface area contributed by atoms with Crippen LogP contribution in [0.5, 0.6) is 0 Å². The number of benzene rings is 1. The highest BCUT2D eigenvalue weighted by molar-refractivity contribution is 8.00. The Bertz CT molecular complexity index is 752. The third-order valence-electron chi connectivity index (χ3n) is 3.26. The number of thioether (sulfide) groups is 1. The van der Waals surface area contributed by atoms with Crippen LogP contribution in [0.1, 0.15) is 18.1 Å². The van der Waals surface area contributed by atoms with Crippen LogP contribution in [0.2, 0.25) is 0 Å². The molecule has 1 aromatic carbocycles. The molecule has 2 rings (SSSR count). The fourth-order valence-corrected chi connectivity index (χ4v) is 2.68. The summed E-state index contributed by atoms with van der Waals surface area (Å²) in [5.41, 5.74) is 0.0192.